The molecule has 0 fully saturated rings. The summed E-state index contributed by atoms with van der Waals surface area (Å²) < 4.78 is 54.9. The summed E-state index contributed by atoms with van der Waals surface area (Å²) in [6, 6.07) is 8.82. The molecule has 1 aromatic heterocycles. The predicted molar refractivity (Wildman–Crippen MR) is 110 cm³/mol. The summed E-state index contributed by atoms with van der Waals surface area (Å²) in [6.07, 6.45) is -3.96. The minimum absolute atomic E-state index is 0.0553. The van der Waals surface area contributed by atoms with E-state index in [0.29, 0.717) is 22.8 Å². The molecule has 0 amide bonds. The molecule has 4 rings (SSSR count). The van der Waals surface area contributed by atoms with Gasteiger partial charge in [0.15, 0.2) is 5.16 Å². The smallest absolute Gasteiger partial charge is 0.268 e. The molecule has 0 atom stereocenters. The molecule has 0 aliphatic carbocycles. The van der Waals surface area contributed by atoms with Gasteiger partial charge in [0.1, 0.15) is 5.82 Å². The van der Waals surface area contributed by atoms with Crippen LogP contribution in [0.5, 0.6) is 0 Å². The Bertz CT molecular complexity index is 1160. The summed E-state index contributed by atoms with van der Waals surface area (Å²) in [5.41, 5.74) is -0.393. The highest BCUT2D eigenvalue weighted by molar-refractivity contribution is 7.99. The van der Waals surface area contributed by atoms with Gasteiger partial charge in [-0.05, 0) is 30.3 Å². The number of halogens is 5. The van der Waals surface area contributed by atoms with Gasteiger partial charge in [0.25, 0.3) is 5.56 Å². The fourth-order valence-electron chi connectivity index (χ4n) is 3.05. The van der Waals surface area contributed by atoms with Gasteiger partial charge < -0.3 is 0 Å². The topological polar surface area (TPSA) is 34.9 Å². The quantitative estimate of drug-likeness (QED) is 0.265. The van der Waals surface area contributed by atoms with E-state index >= 15 is 0 Å². The number of hydrogen-bond acceptors (Lipinski definition) is 4. The molecule has 0 radical (unpaired) electrons. The molecular weight excluding hydrogens is 460 g/mol. The molecule has 0 N–H and O–H groups in total. The Balaban J connectivity index is 1.81. The third kappa shape index (κ3) is 4.10. The summed E-state index contributed by atoms with van der Waals surface area (Å²) in [5.74, 6) is 0.246. The van der Waals surface area contributed by atoms with Crippen LogP contribution in [0.4, 0.5) is 17.6 Å². The molecule has 0 unspecified atom stereocenters. The summed E-state index contributed by atoms with van der Waals surface area (Å²) in [6.45, 7) is 0. The molecule has 1 aliphatic heterocycles. The van der Waals surface area contributed by atoms with E-state index in [-0.39, 0.29) is 27.2 Å². The van der Waals surface area contributed by atoms with E-state index in [1.54, 1.807) is 6.07 Å². The zero-order chi connectivity index (χ0) is 21.5. The Labute approximate surface area is 182 Å². The van der Waals surface area contributed by atoms with Gasteiger partial charge in [-0.1, -0.05) is 35.5 Å². The molecule has 30 heavy (non-hydrogen) atoms. The number of rotatable bonds is 4. The van der Waals surface area contributed by atoms with E-state index in [2.05, 4.69) is 4.98 Å². The number of hydrogen-bond donors (Lipinski definition) is 0. The lowest BCUT2D eigenvalue weighted by molar-refractivity contribution is -0.137. The van der Waals surface area contributed by atoms with Crippen molar-refractivity contribution in [3.63, 3.8) is 0 Å². The number of aryl methyl sites for hydroxylation is 1. The van der Waals surface area contributed by atoms with Crippen LogP contribution in [0.3, 0.4) is 0 Å². The predicted octanol–water partition coefficient (Wildman–Crippen LogP) is 5.98. The second-order valence-electron chi connectivity index (χ2n) is 6.45. The van der Waals surface area contributed by atoms with Crippen molar-refractivity contribution in [2.45, 2.75) is 28.4 Å². The van der Waals surface area contributed by atoms with Crippen molar-refractivity contribution in [2.24, 2.45) is 0 Å². The first kappa shape index (κ1) is 21.3. The maximum Gasteiger partial charge on any atom is 0.416 e. The molecule has 0 spiro atoms. The van der Waals surface area contributed by atoms with Crippen molar-refractivity contribution >= 4 is 35.1 Å². The largest absolute Gasteiger partial charge is 0.416 e. The highest BCUT2D eigenvalue weighted by Gasteiger charge is 2.31. The second kappa shape index (κ2) is 8.28. The Morgan fingerprint density at radius 1 is 1.20 bits per heavy atom. The molecule has 2 aromatic carbocycles. The monoisotopic (exact) mass is 472 g/mol. The van der Waals surface area contributed by atoms with Gasteiger partial charge in [-0.2, -0.15) is 13.2 Å². The maximum absolute atomic E-state index is 14.1. The number of fused-ring (bicyclic) bond motifs is 1. The molecule has 10 heteroatoms. The van der Waals surface area contributed by atoms with Crippen molar-refractivity contribution in [1.29, 1.82) is 0 Å². The molecule has 0 saturated carbocycles. The van der Waals surface area contributed by atoms with Gasteiger partial charge >= 0.3 is 6.18 Å². The average Bonchev–Trinajstić information content (AvgIpc) is 3.16. The van der Waals surface area contributed by atoms with Crippen LogP contribution in [0.15, 0.2) is 57.3 Å². The van der Waals surface area contributed by atoms with Crippen LogP contribution in [-0.4, -0.2) is 15.3 Å². The first-order valence-corrected chi connectivity index (χ1v) is 11.1. The first-order valence-electron chi connectivity index (χ1n) is 8.78. The van der Waals surface area contributed by atoms with Crippen LogP contribution in [-0.2, 0) is 18.3 Å². The standard InChI is InChI=1S/C20H13ClF4N2OS2/c21-14-5-2-6-15(22)13(14)10-30-19-26-16-7-8-29-17(16)18(28)27(19)12-4-1-3-11(9-12)20(23,24)25/h1-6,9H,7-8,10H2. The van der Waals surface area contributed by atoms with E-state index < -0.39 is 23.1 Å². The van der Waals surface area contributed by atoms with Crippen LogP contribution < -0.4 is 5.56 Å². The number of nitrogens with zero attached hydrogens (tertiary/aromatic N) is 2. The number of aromatic nitrogens is 2. The molecule has 2 heterocycles. The normalized spacial score (nSPS) is 13.5. The van der Waals surface area contributed by atoms with E-state index in [9.17, 15) is 22.4 Å². The Kier molecular flexibility index (Phi) is 5.87. The van der Waals surface area contributed by atoms with Gasteiger partial charge in [-0.3, -0.25) is 9.36 Å². The summed E-state index contributed by atoms with van der Waals surface area (Å²) >= 11 is 8.46. The van der Waals surface area contributed by atoms with Gasteiger partial charge in [-0.25, -0.2) is 9.37 Å². The first-order chi connectivity index (χ1) is 14.3. The molecular formula is C20H13ClF4N2OS2. The number of alkyl halides is 3. The third-order valence-electron chi connectivity index (χ3n) is 4.51. The molecule has 3 aromatic rings. The van der Waals surface area contributed by atoms with Crippen LogP contribution in [0.2, 0.25) is 5.02 Å². The summed E-state index contributed by atoms with van der Waals surface area (Å²) in [4.78, 5) is 18.0. The lowest BCUT2D eigenvalue weighted by atomic mass is 10.2. The Hall–Kier alpha value is -1.97. The summed E-state index contributed by atoms with van der Waals surface area (Å²) in [7, 11) is 0. The van der Waals surface area contributed by atoms with Gasteiger partial charge in [0.05, 0.1) is 21.8 Å². The maximum atomic E-state index is 14.1. The minimum Gasteiger partial charge on any atom is -0.268 e. The highest BCUT2D eigenvalue weighted by Crippen LogP contribution is 2.34. The van der Waals surface area contributed by atoms with Crippen LogP contribution in [0.25, 0.3) is 5.69 Å². The Morgan fingerprint density at radius 2 is 1.97 bits per heavy atom. The average molecular weight is 473 g/mol. The molecule has 0 saturated heterocycles. The highest BCUT2D eigenvalue weighted by atomic mass is 35.5. The van der Waals surface area contributed by atoms with Crippen molar-refractivity contribution in [1.82, 2.24) is 9.55 Å². The number of thioether (sulfide) groups is 2. The van der Waals surface area contributed by atoms with E-state index in [1.165, 1.54) is 36.0 Å². The fraction of sp³-hybridized carbons (Fsp3) is 0.200. The van der Waals surface area contributed by atoms with E-state index in [0.717, 1.165) is 28.5 Å². The Morgan fingerprint density at radius 3 is 2.70 bits per heavy atom. The third-order valence-corrected chi connectivity index (χ3v) is 6.93. The molecule has 0 bridgehead atoms. The van der Waals surface area contributed by atoms with E-state index in [1.807, 2.05) is 0 Å². The van der Waals surface area contributed by atoms with Crippen LogP contribution in [0.1, 0.15) is 16.8 Å². The van der Waals surface area contributed by atoms with Crippen molar-refractivity contribution < 1.29 is 17.6 Å². The van der Waals surface area contributed by atoms with Gasteiger partial charge in [-0.15, -0.1) is 11.8 Å². The van der Waals surface area contributed by atoms with Crippen molar-refractivity contribution in [2.75, 3.05) is 5.75 Å². The molecule has 156 valence electrons. The lowest BCUT2D eigenvalue weighted by Gasteiger charge is -2.15. The SMILES string of the molecule is O=c1c2c(nc(SCc3c(F)cccc3Cl)n1-c1cccc(C(F)(F)F)c1)CCS2. The van der Waals surface area contributed by atoms with Gasteiger partial charge in [0, 0.05) is 28.5 Å². The van der Waals surface area contributed by atoms with Gasteiger partial charge in [0.2, 0.25) is 0 Å². The number of benzene rings is 2. The van der Waals surface area contributed by atoms with Crippen molar-refractivity contribution in [3.8, 4) is 5.69 Å². The van der Waals surface area contributed by atoms with Crippen LogP contribution in [0, 0.1) is 5.82 Å². The zero-order valence-electron chi connectivity index (χ0n) is 15.2. The zero-order valence-corrected chi connectivity index (χ0v) is 17.6. The summed E-state index contributed by atoms with van der Waals surface area (Å²) in [5, 5.41) is 0.423. The van der Waals surface area contributed by atoms with Crippen LogP contribution >= 0.6 is 35.1 Å². The molecule has 3 nitrogen and oxygen atoms in total. The second-order valence-corrected chi connectivity index (χ2v) is 8.90. The fourth-order valence-corrected chi connectivity index (χ4v) is 5.44. The minimum atomic E-state index is -4.55. The van der Waals surface area contributed by atoms with E-state index in [4.69, 9.17) is 11.6 Å². The van der Waals surface area contributed by atoms with Crippen molar-refractivity contribution in [3.05, 3.63) is 80.5 Å². The molecule has 1 aliphatic rings. The lowest BCUT2D eigenvalue weighted by Crippen LogP contribution is -2.24.